The van der Waals surface area contributed by atoms with Crippen LogP contribution < -0.4 is 15.8 Å². The third kappa shape index (κ3) is 7.36. The van der Waals surface area contributed by atoms with Crippen LogP contribution in [0.5, 0.6) is 0 Å². The van der Waals surface area contributed by atoms with E-state index in [0.29, 0.717) is 6.54 Å². The van der Waals surface area contributed by atoms with E-state index in [9.17, 15) is 18.0 Å². The molecule has 2 amide bonds. The summed E-state index contributed by atoms with van der Waals surface area (Å²) in [5, 5.41) is 8.85. The highest BCUT2D eigenvalue weighted by molar-refractivity contribution is 8.77. The van der Waals surface area contributed by atoms with Crippen molar-refractivity contribution in [3.05, 3.63) is 0 Å². The number of carbonyl (C=O) groups is 2. The summed E-state index contributed by atoms with van der Waals surface area (Å²) in [5.74, 6) is 1.22. The maximum atomic E-state index is 11.3. The molecular weight excluding hydrogens is 322 g/mol. The van der Waals surface area contributed by atoms with Gasteiger partial charge in [-0.3, -0.25) is 4.79 Å². The first-order valence-corrected chi connectivity index (χ1v) is 10.2. The Kier molecular flexibility index (Phi) is 7.70. The van der Waals surface area contributed by atoms with Crippen molar-refractivity contribution in [1.29, 1.82) is 0 Å². The van der Waals surface area contributed by atoms with Gasteiger partial charge in [0.25, 0.3) is 15.1 Å². The average Bonchev–Trinajstić information content (AvgIpc) is 2.87. The lowest BCUT2D eigenvalue weighted by atomic mass is 10.1. The molecule has 1 unspecified atom stereocenters. The molecule has 0 radical (unpaired) electrons. The lowest BCUT2D eigenvalue weighted by molar-refractivity contribution is -0.110. The SMILES string of the molecule is NS(=O)(=O)C(=O)CNC(=O)NCCCCC1CCSS1. The molecular formula is C10H19N3O4S3. The minimum atomic E-state index is -4.22. The third-order valence-corrected chi connectivity index (χ3v) is 6.46. The van der Waals surface area contributed by atoms with Crippen molar-refractivity contribution in [3.8, 4) is 0 Å². The first kappa shape index (κ1) is 17.6. The van der Waals surface area contributed by atoms with Gasteiger partial charge in [0.2, 0.25) is 0 Å². The Hall–Kier alpha value is -0.450. The van der Waals surface area contributed by atoms with Gasteiger partial charge < -0.3 is 10.6 Å². The molecule has 1 saturated heterocycles. The molecule has 0 saturated carbocycles. The van der Waals surface area contributed by atoms with Crippen LogP contribution in [0.15, 0.2) is 0 Å². The van der Waals surface area contributed by atoms with Crippen LogP contribution in [0, 0.1) is 0 Å². The van der Waals surface area contributed by atoms with E-state index in [1.54, 1.807) is 0 Å². The molecule has 1 aliphatic heterocycles. The van der Waals surface area contributed by atoms with Crippen LogP contribution in [0.4, 0.5) is 4.79 Å². The highest BCUT2D eigenvalue weighted by atomic mass is 33.1. The summed E-state index contributed by atoms with van der Waals surface area (Å²) in [6, 6.07) is -0.562. The minimum absolute atomic E-state index is 0.500. The number of primary sulfonamides is 1. The summed E-state index contributed by atoms with van der Waals surface area (Å²) in [6.07, 6.45) is 4.29. The van der Waals surface area contributed by atoms with Crippen LogP contribution in [0.1, 0.15) is 25.7 Å². The summed E-state index contributed by atoms with van der Waals surface area (Å²) in [4.78, 5) is 22.2. The van der Waals surface area contributed by atoms with E-state index in [0.717, 1.165) is 24.5 Å². The van der Waals surface area contributed by atoms with E-state index in [-0.39, 0.29) is 0 Å². The molecule has 7 nitrogen and oxygen atoms in total. The molecule has 116 valence electrons. The average molecular weight is 341 g/mol. The highest BCUT2D eigenvalue weighted by Gasteiger charge is 2.17. The molecule has 0 aromatic heterocycles. The first-order valence-electron chi connectivity index (χ1n) is 6.25. The molecule has 0 bridgehead atoms. The van der Waals surface area contributed by atoms with E-state index in [1.807, 2.05) is 21.6 Å². The number of amides is 2. The molecule has 0 aliphatic carbocycles. The van der Waals surface area contributed by atoms with Crippen molar-refractivity contribution in [2.75, 3.05) is 18.8 Å². The van der Waals surface area contributed by atoms with Crippen molar-refractivity contribution in [3.63, 3.8) is 0 Å². The summed E-state index contributed by atoms with van der Waals surface area (Å²) in [5.41, 5.74) is 0. The summed E-state index contributed by atoms with van der Waals surface area (Å²) in [7, 11) is -0.384. The number of hydrogen-bond acceptors (Lipinski definition) is 6. The van der Waals surface area contributed by atoms with Gasteiger partial charge in [-0.2, -0.15) is 0 Å². The van der Waals surface area contributed by atoms with Gasteiger partial charge in [-0.05, 0) is 19.3 Å². The Morgan fingerprint density at radius 2 is 2.00 bits per heavy atom. The lowest BCUT2D eigenvalue weighted by Gasteiger charge is -2.08. The number of sulfonamides is 1. The van der Waals surface area contributed by atoms with Gasteiger partial charge in [-0.25, -0.2) is 18.4 Å². The largest absolute Gasteiger partial charge is 0.338 e. The van der Waals surface area contributed by atoms with Gasteiger partial charge in [0.1, 0.15) is 0 Å². The van der Waals surface area contributed by atoms with Crippen LogP contribution in [-0.2, 0) is 14.8 Å². The van der Waals surface area contributed by atoms with Gasteiger partial charge in [0.15, 0.2) is 0 Å². The summed E-state index contributed by atoms with van der Waals surface area (Å²) in [6.45, 7) is -0.111. The first-order chi connectivity index (χ1) is 9.39. The standard InChI is InChI=1S/C10H19N3O4S3/c11-20(16,17)9(14)7-13-10(15)12-5-2-1-3-8-4-6-18-19-8/h8H,1-7H2,(H2,11,16,17)(H2,12,13,15). The van der Waals surface area contributed by atoms with Crippen molar-refractivity contribution >= 4 is 42.8 Å². The van der Waals surface area contributed by atoms with E-state index in [2.05, 4.69) is 15.8 Å². The van der Waals surface area contributed by atoms with Gasteiger partial charge in [-0.1, -0.05) is 28.0 Å². The third-order valence-electron chi connectivity index (χ3n) is 2.68. The van der Waals surface area contributed by atoms with Crippen LogP contribution in [0.25, 0.3) is 0 Å². The Morgan fingerprint density at radius 3 is 2.60 bits per heavy atom. The van der Waals surface area contributed by atoms with Crippen LogP contribution in [0.2, 0.25) is 0 Å². The maximum absolute atomic E-state index is 11.3. The Balaban J connectivity index is 2.01. The van der Waals surface area contributed by atoms with Gasteiger partial charge in [0.05, 0.1) is 6.54 Å². The van der Waals surface area contributed by atoms with Crippen LogP contribution >= 0.6 is 21.6 Å². The molecule has 4 N–H and O–H groups in total. The van der Waals surface area contributed by atoms with E-state index >= 15 is 0 Å². The quantitative estimate of drug-likeness (QED) is 0.456. The molecule has 0 aromatic carbocycles. The molecule has 20 heavy (non-hydrogen) atoms. The van der Waals surface area contributed by atoms with Gasteiger partial charge in [-0.15, -0.1) is 0 Å². The smallest absolute Gasteiger partial charge is 0.315 e. The number of nitrogens with one attached hydrogen (secondary N) is 2. The number of carbonyl (C=O) groups excluding carboxylic acids is 2. The predicted octanol–water partition coefficient (Wildman–Crippen LogP) is 0.425. The fourth-order valence-corrected chi connectivity index (χ4v) is 4.88. The zero-order valence-electron chi connectivity index (χ0n) is 11.0. The van der Waals surface area contributed by atoms with Crippen LogP contribution in [0.3, 0.4) is 0 Å². The zero-order chi connectivity index (χ0) is 15.0. The topological polar surface area (TPSA) is 118 Å². The number of hydrogen-bond donors (Lipinski definition) is 3. The fourth-order valence-electron chi connectivity index (χ4n) is 1.58. The number of nitrogens with two attached hydrogens (primary N) is 1. The van der Waals surface area contributed by atoms with E-state index in [1.165, 1.54) is 12.2 Å². The minimum Gasteiger partial charge on any atom is -0.338 e. The Bertz CT molecular complexity index is 435. The maximum Gasteiger partial charge on any atom is 0.315 e. The molecule has 0 aromatic rings. The fraction of sp³-hybridized carbons (Fsp3) is 0.800. The molecule has 10 heteroatoms. The van der Waals surface area contributed by atoms with Gasteiger partial charge >= 0.3 is 6.03 Å². The lowest BCUT2D eigenvalue weighted by Crippen LogP contribution is -2.41. The highest BCUT2D eigenvalue weighted by Crippen LogP contribution is 2.39. The summed E-state index contributed by atoms with van der Waals surface area (Å²) >= 11 is 0. The van der Waals surface area contributed by atoms with Crippen molar-refractivity contribution in [1.82, 2.24) is 10.6 Å². The van der Waals surface area contributed by atoms with Gasteiger partial charge in [0, 0.05) is 17.5 Å². The number of urea groups is 1. The molecule has 1 aliphatic rings. The van der Waals surface area contributed by atoms with E-state index in [4.69, 9.17) is 0 Å². The van der Waals surface area contributed by atoms with Crippen molar-refractivity contribution in [2.45, 2.75) is 30.9 Å². The van der Waals surface area contributed by atoms with Crippen molar-refractivity contribution in [2.24, 2.45) is 5.14 Å². The number of rotatable bonds is 7. The monoisotopic (exact) mass is 341 g/mol. The second-order valence-electron chi connectivity index (χ2n) is 4.35. The molecule has 1 rings (SSSR count). The Labute approximate surface area is 126 Å². The normalized spacial score (nSPS) is 18.8. The van der Waals surface area contributed by atoms with Crippen molar-refractivity contribution < 1.29 is 18.0 Å². The Morgan fingerprint density at radius 1 is 1.25 bits per heavy atom. The number of unbranched alkanes of at least 4 members (excludes halogenated alkanes) is 1. The second-order valence-corrected chi connectivity index (χ2v) is 8.68. The second kappa shape index (κ2) is 8.75. The molecule has 0 spiro atoms. The molecule has 1 fully saturated rings. The van der Waals surface area contributed by atoms with Crippen LogP contribution in [-0.4, -0.2) is 43.7 Å². The zero-order valence-corrected chi connectivity index (χ0v) is 13.4. The molecule has 1 atom stereocenters. The predicted molar refractivity (Wildman–Crippen MR) is 81.8 cm³/mol. The molecule has 1 heterocycles. The van der Waals surface area contributed by atoms with E-state index < -0.39 is 27.7 Å². The summed E-state index contributed by atoms with van der Waals surface area (Å²) < 4.78 is 21.2.